The highest BCUT2D eigenvalue weighted by molar-refractivity contribution is 5.82. The van der Waals surface area contributed by atoms with Crippen LogP contribution in [0, 0.1) is 0 Å². The van der Waals surface area contributed by atoms with Gasteiger partial charge in [-0.1, -0.05) is 0 Å². The van der Waals surface area contributed by atoms with E-state index in [4.69, 9.17) is 0 Å². The third-order valence-corrected chi connectivity index (χ3v) is 3.05. The van der Waals surface area contributed by atoms with Crippen molar-refractivity contribution >= 4 is 17.8 Å². The molecule has 0 radical (unpaired) electrons. The molecule has 0 unspecified atom stereocenters. The number of aromatic nitrogens is 3. The standard InChI is InChI=1S/C11H17N5O4/c1-20-11(19)13-9-6-12-16(14-9)7-10(18)15-4-2-8(17)3-5-15/h6,8,17H,2-5,7H2,1H3,(H,13,14,19). The molecule has 20 heavy (non-hydrogen) atoms. The van der Waals surface area contributed by atoms with Gasteiger partial charge in [-0.2, -0.15) is 9.90 Å². The predicted octanol–water partition coefficient (Wildman–Crippen LogP) is -0.560. The lowest BCUT2D eigenvalue weighted by molar-refractivity contribution is -0.134. The number of piperidine rings is 1. The zero-order valence-electron chi connectivity index (χ0n) is 11.2. The monoisotopic (exact) mass is 283 g/mol. The quantitative estimate of drug-likeness (QED) is 0.769. The maximum atomic E-state index is 12.0. The number of ether oxygens (including phenoxy) is 1. The second-order valence-corrected chi connectivity index (χ2v) is 4.49. The summed E-state index contributed by atoms with van der Waals surface area (Å²) in [7, 11) is 1.24. The molecule has 9 heteroatoms. The number of aliphatic hydroxyl groups excluding tert-OH is 1. The summed E-state index contributed by atoms with van der Waals surface area (Å²) in [6.07, 6.45) is 1.55. The molecule has 1 aliphatic rings. The van der Waals surface area contributed by atoms with Crippen molar-refractivity contribution in [2.45, 2.75) is 25.5 Å². The molecular weight excluding hydrogens is 266 g/mol. The van der Waals surface area contributed by atoms with Gasteiger partial charge in [0, 0.05) is 13.1 Å². The SMILES string of the molecule is COC(=O)Nc1cnn(CC(=O)N2CCC(O)CC2)n1. The first-order chi connectivity index (χ1) is 9.58. The number of aliphatic hydroxyl groups is 1. The van der Waals surface area contributed by atoms with Crippen molar-refractivity contribution in [2.75, 3.05) is 25.5 Å². The molecule has 0 atom stereocenters. The van der Waals surface area contributed by atoms with E-state index in [-0.39, 0.29) is 24.4 Å². The molecule has 0 bridgehead atoms. The van der Waals surface area contributed by atoms with Crippen molar-refractivity contribution in [3.05, 3.63) is 6.20 Å². The molecule has 2 N–H and O–H groups in total. The van der Waals surface area contributed by atoms with Gasteiger partial charge in [-0.25, -0.2) is 4.79 Å². The van der Waals surface area contributed by atoms with Gasteiger partial charge in [0.2, 0.25) is 5.91 Å². The molecule has 1 fully saturated rings. The van der Waals surface area contributed by atoms with Gasteiger partial charge in [-0.3, -0.25) is 10.1 Å². The van der Waals surface area contributed by atoms with Crippen molar-refractivity contribution < 1.29 is 19.4 Å². The Balaban J connectivity index is 1.86. The molecule has 1 aromatic heterocycles. The minimum absolute atomic E-state index is 0.00104. The van der Waals surface area contributed by atoms with Crippen LogP contribution in [0.4, 0.5) is 10.6 Å². The molecular formula is C11H17N5O4. The number of methoxy groups -OCH3 is 1. The van der Waals surface area contributed by atoms with Crippen LogP contribution in [0.25, 0.3) is 0 Å². The lowest BCUT2D eigenvalue weighted by Crippen LogP contribution is -2.41. The minimum Gasteiger partial charge on any atom is -0.453 e. The van der Waals surface area contributed by atoms with Crippen molar-refractivity contribution in [1.29, 1.82) is 0 Å². The summed E-state index contributed by atoms with van der Waals surface area (Å²) in [5.74, 6) is 0.107. The number of likely N-dealkylation sites (tertiary alicyclic amines) is 1. The Labute approximate surface area is 115 Å². The first-order valence-corrected chi connectivity index (χ1v) is 6.29. The fourth-order valence-electron chi connectivity index (χ4n) is 1.92. The van der Waals surface area contributed by atoms with E-state index in [9.17, 15) is 14.7 Å². The summed E-state index contributed by atoms with van der Waals surface area (Å²) < 4.78 is 4.42. The first kappa shape index (κ1) is 14.3. The van der Waals surface area contributed by atoms with Crippen molar-refractivity contribution in [2.24, 2.45) is 0 Å². The fraction of sp³-hybridized carbons (Fsp3) is 0.636. The third-order valence-electron chi connectivity index (χ3n) is 3.05. The van der Waals surface area contributed by atoms with Crippen LogP contribution in [-0.2, 0) is 16.1 Å². The van der Waals surface area contributed by atoms with Crippen LogP contribution in [0.5, 0.6) is 0 Å². The molecule has 1 aliphatic heterocycles. The number of carbonyl (C=O) groups is 2. The third kappa shape index (κ3) is 3.67. The van der Waals surface area contributed by atoms with Gasteiger partial charge >= 0.3 is 6.09 Å². The summed E-state index contributed by atoms with van der Waals surface area (Å²) in [5, 5.41) is 19.6. The van der Waals surface area contributed by atoms with Crippen LogP contribution in [0.2, 0.25) is 0 Å². The molecule has 0 saturated carbocycles. The Kier molecular flexibility index (Phi) is 4.51. The van der Waals surface area contributed by atoms with Crippen LogP contribution in [-0.4, -0.2) is 63.3 Å². The van der Waals surface area contributed by atoms with E-state index in [2.05, 4.69) is 20.3 Å². The number of nitrogens with zero attached hydrogens (tertiary/aromatic N) is 4. The smallest absolute Gasteiger partial charge is 0.412 e. The molecule has 110 valence electrons. The average molecular weight is 283 g/mol. The number of anilines is 1. The van der Waals surface area contributed by atoms with Crippen molar-refractivity contribution in [3.63, 3.8) is 0 Å². The zero-order chi connectivity index (χ0) is 14.5. The molecule has 2 amide bonds. The molecule has 1 aromatic rings. The second-order valence-electron chi connectivity index (χ2n) is 4.49. The normalized spacial score (nSPS) is 16.0. The molecule has 0 aliphatic carbocycles. The second kappa shape index (κ2) is 6.33. The van der Waals surface area contributed by atoms with Crippen LogP contribution in [0.15, 0.2) is 6.20 Å². The maximum absolute atomic E-state index is 12.0. The summed E-state index contributed by atoms with van der Waals surface area (Å²) in [5.41, 5.74) is 0. The van der Waals surface area contributed by atoms with E-state index in [1.807, 2.05) is 0 Å². The van der Waals surface area contributed by atoms with Crippen LogP contribution < -0.4 is 5.32 Å². The number of hydrogen-bond donors (Lipinski definition) is 2. The Morgan fingerprint density at radius 3 is 2.85 bits per heavy atom. The molecule has 2 heterocycles. The van der Waals surface area contributed by atoms with Gasteiger partial charge in [0.05, 0.1) is 19.4 Å². The highest BCUT2D eigenvalue weighted by Crippen LogP contribution is 2.10. The summed E-state index contributed by atoms with van der Waals surface area (Å²) in [6.45, 7) is 1.07. The highest BCUT2D eigenvalue weighted by atomic mass is 16.5. The summed E-state index contributed by atoms with van der Waals surface area (Å²) in [6, 6.07) is 0. The Hall–Kier alpha value is -2.16. The lowest BCUT2D eigenvalue weighted by atomic mass is 10.1. The van der Waals surface area contributed by atoms with E-state index in [0.29, 0.717) is 25.9 Å². The van der Waals surface area contributed by atoms with E-state index < -0.39 is 6.09 Å². The average Bonchev–Trinajstić information content (AvgIpc) is 2.86. The molecule has 2 rings (SSSR count). The maximum Gasteiger partial charge on any atom is 0.412 e. The van der Waals surface area contributed by atoms with Crippen LogP contribution in [0.1, 0.15) is 12.8 Å². The van der Waals surface area contributed by atoms with E-state index in [1.165, 1.54) is 18.1 Å². The van der Waals surface area contributed by atoms with Gasteiger partial charge in [0.1, 0.15) is 6.54 Å². The number of hydrogen-bond acceptors (Lipinski definition) is 6. The van der Waals surface area contributed by atoms with Gasteiger partial charge in [0.25, 0.3) is 0 Å². The van der Waals surface area contributed by atoms with Gasteiger partial charge in [-0.15, -0.1) is 5.10 Å². The number of carbonyl (C=O) groups excluding carboxylic acids is 2. The zero-order valence-corrected chi connectivity index (χ0v) is 11.2. The van der Waals surface area contributed by atoms with Gasteiger partial charge < -0.3 is 14.7 Å². The minimum atomic E-state index is -0.645. The van der Waals surface area contributed by atoms with E-state index in [0.717, 1.165) is 0 Å². The first-order valence-electron chi connectivity index (χ1n) is 6.29. The predicted molar refractivity (Wildman–Crippen MR) is 67.9 cm³/mol. The Morgan fingerprint density at radius 1 is 1.50 bits per heavy atom. The van der Waals surface area contributed by atoms with Crippen LogP contribution >= 0.6 is 0 Å². The fourth-order valence-corrected chi connectivity index (χ4v) is 1.92. The van der Waals surface area contributed by atoms with Crippen molar-refractivity contribution in [3.8, 4) is 0 Å². The molecule has 1 saturated heterocycles. The van der Waals surface area contributed by atoms with Crippen molar-refractivity contribution in [1.82, 2.24) is 19.9 Å². The summed E-state index contributed by atoms with van der Waals surface area (Å²) in [4.78, 5) is 25.9. The highest BCUT2D eigenvalue weighted by Gasteiger charge is 2.21. The summed E-state index contributed by atoms with van der Waals surface area (Å²) >= 11 is 0. The Bertz CT molecular complexity index is 481. The largest absolute Gasteiger partial charge is 0.453 e. The van der Waals surface area contributed by atoms with Crippen LogP contribution in [0.3, 0.4) is 0 Å². The Morgan fingerprint density at radius 2 is 2.20 bits per heavy atom. The van der Waals surface area contributed by atoms with E-state index in [1.54, 1.807) is 4.90 Å². The number of nitrogens with one attached hydrogen (secondary N) is 1. The lowest BCUT2D eigenvalue weighted by Gasteiger charge is -2.29. The molecule has 9 nitrogen and oxygen atoms in total. The number of rotatable bonds is 3. The molecule has 0 spiro atoms. The number of amides is 2. The van der Waals surface area contributed by atoms with Gasteiger partial charge in [-0.05, 0) is 12.8 Å². The molecule has 0 aromatic carbocycles. The van der Waals surface area contributed by atoms with Gasteiger partial charge in [0.15, 0.2) is 5.82 Å². The topological polar surface area (TPSA) is 110 Å². The van der Waals surface area contributed by atoms with E-state index >= 15 is 0 Å².